The van der Waals surface area contributed by atoms with Crippen LogP contribution in [0.15, 0.2) is 12.4 Å². The third-order valence-electron chi connectivity index (χ3n) is 4.46. The number of hydrogen-bond acceptors (Lipinski definition) is 5. The second-order valence-electron chi connectivity index (χ2n) is 6.55. The summed E-state index contributed by atoms with van der Waals surface area (Å²) in [4.78, 5) is 13.1. The number of pyridine rings is 1. The van der Waals surface area contributed by atoms with E-state index in [1.165, 1.54) is 3.57 Å². The number of aliphatic hydroxyl groups is 1. The van der Waals surface area contributed by atoms with Crippen LogP contribution in [0.3, 0.4) is 0 Å². The van der Waals surface area contributed by atoms with Crippen LogP contribution in [-0.4, -0.2) is 31.2 Å². The van der Waals surface area contributed by atoms with E-state index in [4.69, 9.17) is 22.4 Å². The van der Waals surface area contributed by atoms with E-state index in [2.05, 4.69) is 63.2 Å². The molecule has 0 aromatic carbocycles. The highest BCUT2D eigenvalue weighted by atomic mass is 127. The first kappa shape index (κ1) is 20.8. The van der Waals surface area contributed by atoms with Gasteiger partial charge in [-0.1, -0.05) is 23.4 Å². The van der Waals surface area contributed by atoms with Gasteiger partial charge in [0.2, 0.25) is 5.95 Å². The fraction of sp³-hybridized carbons (Fsp3) is 0.350. The number of hydrogen-bond donors (Lipinski definition) is 2. The zero-order valence-electron chi connectivity index (χ0n) is 15.8. The predicted octanol–water partition coefficient (Wildman–Crippen LogP) is 3.85. The zero-order chi connectivity index (χ0) is 20.3. The molecule has 0 aliphatic heterocycles. The minimum absolute atomic E-state index is 0.127. The number of fused-ring (bicyclic) bond motifs is 1. The van der Waals surface area contributed by atoms with Crippen LogP contribution >= 0.6 is 34.2 Å². The highest BCUT2D eigenvalue weighted by Crippen LogP contribution is 2.28. The van der Waals surface area contributed by atoms with Gasteiger partial charge in [0.1, 0.15) is 10.8 Å². The molecule has 3 heterocycles. The van der Waals surface area contributed by atoms with E-state index in [1.54, 1.807) is 0 Å². The maximum Gasteiger partial charge on any atom is 0.223 e. The molecule has 0 aliphatic carbocycles. The van der Waals surface area contributed by atoms with Gasteiger partial charge in [-0.15, -0.1) is 0 Å². The Morgan fingerprint density at radius 2 is 2.07 bits per heavy atom. The van der Waals surface area contributed by atoms with E-state index in [-0.39, 0.29) is 12.6 Å². The Hall–Kier alpha value is -1.89. The Balaban J connectivity index is 2.04. The lowest BCUT2D eigenvalue weighted by Gasteiger charge is -2.10. The van der Waals surface area contributed by atoms with Crippen molar-refractivity contribution in [3.8, 4) is 11.8 Å². The number of aliphatic hydroxyl groups excluding tert-OH is 1. The molecule has 8 heteroatoms. The number of rotatable bonds is 5. The average Bonchev–Trinajstić information content (AvgIpc) is 2.99. The SMILES string of the molecule is Cc1cnc(Cn2cc(C#CCCCCO)c3c(Cl)nc(N)nc32)c(C)c1I. The topological polar surface area (TPSA) is 89.8 Å². The second kappa shape index (κ2) is 9.07. The first-order valence-corrected chi connectivity index (χ1v) is 10.4. The fourth-order valence-electron chi connectivity index (χ4n) is 2.93. The zero-order valence-corrected chi connectivity index (χ0v) is 18.7. The summed E-state index contributed by atoms with van der Waals surface area (Å²) in [5, 5.41) is 9.88. The minimum Gasteiger partial charge on any atom is -0.396 e. The lowest BCUT2D eigenvalue weighted by atomic mass is 10.1. The van der Waals surface area contributed by atoms with E-state index in [1.807, 2.05) is 17.0 Å². The third kappa shape index (κ3) is 4.40. The number of aromatic nitrogens is 4. The Morgan fingerprint density at radius 1 is 1.29 bits per heavy atom. The van der Waals surface area contributed by atoms with E-state index in [9.17, 15) is 0 Å². The van der Waals surface area contributed by atoms with Crippen molar-refractivity contribution in [2.45, 2.75) is 39.7 Å². The summed E-state index contributed by atoms with van der Waals surface area (Å²) in [6.07, 6.45) is 6.11. The van der Waals surface area contributed by atoms with E-state index in [0.717, 1.165) is 35.2 Å². The van der Waals surface area contributed by atoms with Crippen LogP contribution in [0.25, 0.3) is 11.0 Å². The number of nitrogens with two attached hydrogens (primary N) is 1. The van der Waals surface area contributed by atoms with Crippen molar-refractivity contribution in [1.29, 1.82) is 0 Å². The van der Waals surface area contributed by atoms with Crippen LogP contribution < -0.4 is 5.73 Å². The summed E-state index contributed by atoms with van der Waals surface area (Å²) < 4.78 is 3.17. The van der Waals surface area contributed by atoms with Gasteiger partial charge in [-0.25, -0.2) is 4.98 Å². The van der Waals surface area contributed by atoms with Gasteiger partial charge in [0.25, 0.3) is 0 Å². The van der Waals surface area contributed by atoms with Crippen molar-refractivity contribution in [3.63, 3.8) is 0 Å². The molecule has 0 amide bonds. The maximum atomic E-state index is 8.89. The molecule has 146 valence electrons. The highest BCUT2D eigenvalue weighted by molar-refractivity contribution is 14.1. The monoisotopic (exact) mass is 509 g/mol. The maximum absolute atomic E-state index is 8.89. The number of anilines is 1. The summed E-state index contributed by atoms with van der Waals surface area (Å²) in [7, 11) is 0. The molecule has 0 radical (unpaired) electrons. The van der Waals surface area contributed by atoms with Crippen LogP contribution in [0.2, 0.25) is 5.15 Å². The van der Waals surface area contributed by atoms with Gasteiger partial charge in [0.15, 0.2) is 0 Å². The first-order chi connectivity index (χ1) is 13.4. The summed E-state index contributed by atoms with van der Waals surface area (Å²) in [6.45, 7) is 4.84. The molecule has 3 aromatic rings. The van der Waals surface area contributed by atoms with E-state index >= 15 is 0 Å². The highest BCUT2D eigenvalue weighted by Gasteiger charge is 2.16. The largest absolute Gasteiger partial charge is 0.396 e. The molecular weight excluding hydrogens is 489 g/mol. The normalized spacial score (nSPS) is 10.9. The Bertz CT molecular complexity index is 1080. The number of nitrogen functional groups attached to an aromatic ring is 1. The van der Waals surface area contributed by atoms with Crippen LogP contribution in [0.5, 0.6) is 0 Å². The second-order valence-corrected chi connectivity index (χ2v) is 7.99. The van der Waals surface area contributed by atoms with Gasteiger partial charge in [-0.05, 0) is 60.4 Å². The lowest BCUT2D eigenvalue weighted by Crippen LogP contribution is -2.06. The first-order valence-electron chi connectivity index (χ1n) is 8.94. The summed E-state index contributed by atoms with van der Waals surface area (Å²) in [5.74, 6) is 6.43. The molecule has 28 heavy (non-hydrogen) atoms. The molecule has 3 N–H and O–H groups in total. The average molecular weight is 510 g/mol. The van der Waals surface area contributed by atoms with Gasteiger partial charge in [0.05, 0.1) is 23.2 Å². The molecule has 0 aliphatic rings. The van der Waals surface area contributed by atoms with Crippen LogP contribution in [-0.2, 0) is 6.54 Å². The summed E-state index contributed by atoms with van der Waals surface area (Å²) in [6, 6.07) is 0. The van der Waals surface area contributed by atoms with Gasteiger partial charge < -0.3 is 15.4 Å². The minimum atomic E-state index is 0.127. The molecule has 0 bridgehead atoms. The molecule has 0 atom stereocenters. The molecule has 0 fully saturated rings. The standard InChI is InChI=1S/C20H21ClIN5O/c1-12-9-24-15(13(2)17(12)22)11-27-10-14(7-5-3-4-6-8-28)16-18(21)25-20(23)26-19(16)27/h9-10,28H,3-4,6,8,11H2,1-2H3,(H2,23,25,26). The fourth-order valence-corrected chi connectivity index (χ4v) is 3.65. The quantitative estimate of drug-likeness (QED) is 0.236. The molecule has 0 saturated heterocycles. The number of unbranched alkanes of at least 4 members (excludes halogenated alkanes) is 2. The van der Waals surface area contributed by atoms with Gasteiger partial charge in [-0.3, -0.25) is 4.98 Å². The Kier molecular flexibility index (Phi) is 6.75. The van der Waals surface area contributed by atoms with Crippen molar-refractivity contribution in [2.24, 2.45) is 0 Å². The van der Waals surface area contributed by atoms with Gasteiger partial charge in [0, 0.05) is 29.0 Å². The van der Waals surface area contributed by atoms with Crippen LogP contribution in [0.4, 0.5) is 5.95 Å². The van der Waals surface area contributed by atoms with E-state index in [0.29, 0.717) is 29.2 Å². The molecule has 0 saturated carbocycles. The molecular formula is C20H21ClIN5O. The van der Waals surface area contributed by atoms with Crippen molar-refractivity contribution in [1.82, 2.24) is 19.5 Å². The summed E-state index contributed by atoms with van der Waals surface area (Å²) >= 11 is 8.71. The van der Waals surface area contributed by atoms with Crippen molar-refractivity contribution in [3.05, 3.63) is 43.5 Å². The van der Waals surface area contributed by atoms with Crippen LogP contribution in [0.1, 0.15) is 41.6 Å². The molecule has 3 aromatic heterocycles. The Morgan fingerprint density at radius 3 is 2.82 bits per heavy atom. The lowest BCUT2D eigenvalue weighted by molar-refractivity contribution is 0.285. The third-order valence-corrected chi connectivity index (χ3v) is 6.40. The number of nitrogens with zero attached hydrogens (tertiary/aromatic N) is 4. The molecule has 3 rings (SSSR count). The number of aryl methyl sites for hydroxylation is 1. The molecule has 0 unspecified atom stereocenters. The smallest absolute Gasteiger partial charge is 0.223 e. The van der Waals surface area contributed by atoms with Gasteiger partial charge in [-0.2, -0.15) is 4.98 Å². The number of halogens is 2. The molecule has 6 nitrogen and oxygen atoms in total. The van der Waals surface area contributed by atoms with Crippen molar-refractivity contribution < 1.29 is 5.11 Å². The van der Waals surface area contributed by atoms with Crippen molar-refractivity contribution >= 4 is 51.2 Å². The predicted molar refractivity (Wildman–Crippen MR) is 120 cm³/mol. The van der Waals surface area contributed by atoms with Gasteiger partial charge >= 0.3 is 0 Å². The molecule has 0 spiro atoms. The van der Waals surface area contributed by atoms with Crippen LogP contribution in [0, 0.1) is 29.3 Å². The van der Waals surface area contributed by atoms with E-state index < -0.39 is 0 Å². The Labute approximate surface area is 182 Å². The van der Waals surface area contributed by atoms with Crippen molar-refractivity contribution in [2.75, 3.05) is 12.3 Å². The summed E-state index contributed by atoms with van der Waals surface area (Å²) in [5.41, 5.74) is 10.5.